The molecular formula is C8H8ClN5O3. The first-order valence-corrected chi connectivity index (χ1v) is 4.93. The summed E-state index contributed by atoms with van der Waals surface area (Å²) in [5, 5.41) is -0.0782. The van der Waals surface area contributed by atoms with Crippen LogP contribution in [0, 0.1) is 0 Å². The monoisotopic (exact) mass is 257 g/mol. The van der Waals surface area contributed by atoms with Gasteiger partial charge in [-0.05, 0) is 11.6 Å². The van der Waals surface area contributed by atoms with Gasteiger partial charge in [0.05, 0.1) is 0 Å². The van der Waals surface area contributed by atoms with E-state index in [2.05, 4.69) is 9.97 Å². The lowest BCUT2D eigenvalue weighted by molar-refractivity contribution is -0.118. The SMILES string of the molecule is Cn1c(=O)[nH]c(=O)c2c1nc(Cl)n2CC(N)=O. The molecule has 1 amide bonds. The number of aryl methyl sites for hydroxylation is 1. The summed E-state index contributed by atoms with van der Waals surface area (Å²) in [7, 11) is 1.43. The lowest BCUT2D eigenvalue weighted by atomic mass is 10.5. The van der Waals surface area contributed by atoms with Gasteiger partial charge in [-0.3, -0.25) is 23.7 Å². The van der Waals surface area contributed by atoms with Gasteiger partial charge in [-0.15, -0.1) is 0 Å². The first-order valence-electron chi connectivity index (χ1n) is 4.55. The van der Waals surface area contributed by atoms with E-state index in [1.54, 1.807) is 0 Å². The van der Waals surface area contributed by atoms with E-state index in [9.17, 15) is 14.4 Å². The fourth-order valence-electron chi connectivity index (χ4n) is 1.51. The predicted molar refractivity (Wildman–Crippen MR) is 59.8 cm³/mol. The van der Waals surface area contributed by atoms with Crippen LogP contribution in [0.2, 0.25) is 5.28 Å². The molecule has 2 heterocycles. The Morgan fingerprint density at radius 3 is 2.76 bits per heavy atom. The minimum atomic E-state index is -0.667. The number of fused-ring (bicyclic) bond motifs is 1. The lowest BCUT2D eigenvalue weighted by Crippen LogP contribution is -2.30. The Kier molecular flexibility index (Phi) is 2.50. The number of imidazole rings is 1. The molecular weight excluding hydrogens is 250 g/mol. The fourth-order valence-corrected chi connectivity index (χ4v) is 1.73. The zero-order valence-electron chi connectivity index (χ0n) is 8.73. The highest BCUT2D eigenvalue weighted by atomic mass is 35.5. The number of aromatic nitrogens is 4. The average Bonchev–Trinajstić information content (AvgIpc) is 2.53. The van der Waals surface area contributed by atoms with Crippen molar-refractivity contribution in [1.29, 1.82) is 0 Å². The molecule has 9 heteroatoms. The molecule has 0 aliphatic heterocycles. The number of nitrogens with one attached hydrogen (secondary N) is 1. The zero-order valence-corrected chi connectivity index (χ0v) is 9.48. The molecule has 0 atom stereocenters. The van der Waals surface area contributed by atoms with Crippen molar-refractivity contribution >= 4 is 28.7 Å². The summed E-state index contributed by atoms with van der Waals surface area (Å²) in [6.45, 7) is -0.281. The number of nitrogens with zero attached hydrogens (tertiary/aromatic N) is 3. The fraction of sp³-hybridized carbons (Fsp3) is 0.250. The number of halogens is 1. The molecule has 0 bridgehead atoms. The van der Waals surface area contributed by atoms with Crippen molar-refractivity contribution in [3.05, 3.63) is 26.1 Å². The molecule has 0 aliphatic carbocycles. The maximum Gasteiger partial charge on any atom is 0.329 e. The van der Waals surface area contributed by atoms with Crippen LogP contribution in [0.15, 0.2) is 9.59 Å². The Morgan fingerprint density at radius 2 is 2.18 bits per heavy atom. The molecule has 2 rings (SSSR count). The normalized spacial score (nSPS) is 10.9. The summed E-state index contributed by atoms with van der Waals surface area (Å²) >= 11 is 5.78. The number of H-pyrrole nitrogens is 1. The van der Waals surface area contributed by atoms with Crippen LogP contribution in [0.1, 0.15) is 0 Å². The van der Waals surface area contributed by atoms with E-state index in [1.807, 2.05) is 0 Å². The maximum atomic E-state index is 11.6. The quantitative estimate of drug-likeness (QED) is 0.641. The predicted octanol–water partition coefficient (Wildman–Crippen LogP) is -1.44. The van der Waals surface area contributed by atoms with Crippen molar-refractivity contribution in [3.63, 3.8) is 0 Å². The molecule has 0 aliphatic rings. The van der Waals surface area contributed by atoms with Gasteiger partial charge in [0, 0.05) is 7.05 Å². The summed E-state index contributed by atoms with van der Waals surface area (Å²) in [5.41, 5.74) is 3.90. The van der Waals surface area contributed by atoms with Gasteiger partial charge in [-0.2, -0.15) is 4.98 Å². The Labute approximate surface area is 98.6 Å². The number of amides is 1. The number of hydrogen-bond acceptors (Lipinski definition) is 4. The van der Waals surface area contributed by atoms with Crippen LogP contribution >= 0.6 is 11.6 Å². The van der Waals surface area contributed by atoms with Gasteiger partial charge in [0.15, 0.2) is 11.2 Å². The van der Waals surface area contributed by atoms with Crippen LogP contribution in [-0.4, -0.2) is 25.0 Å². The van der Waals surface area contributed by atoms with Gasteiger partial charge in [0.25, 0.3) is 5.56 Å². The summed E-state index contributed by atoms with van der Waals surface area (Å²) in [4.78, 5) is 39.7. The second kappa shape index (κ2) is 3.74. The van der Waals surface area contributed by atoms with Gasteiger partial charge in [0.1, 0.15) is 6.54 Å². The second-order valence-corrected chi connectivity index (χ2v) is 3.76. The van der Waals surface area contributed by atoms with E-state index in [-0.39, 0.29) is 23.0 Å². The Bertz CT molecular complexity index is 725. The molecule has 2 aromatic rings. The average molecular weight is 258 g/mol. The van der Waals surface area contributed by atoms with Crippen molar-refractivity contribution in [2.24, 2.45) is 12.8 Å². The van der Waals surface area contributed by atoms with Crippen LogP contribution in [0.5, 0.6) is 0 Å². The number of hydrogen-bond donors (Lipinski definition) is 2. The van der Waals surface area contributed by atoms with Crippen LogP contribution in [0.25, 0.3) is 11.2 Å². The minimum Gasteiger partial charge on any atom is -0.368 e. The van der Waals surface area contributed by atoms with Crippen LogP contribution in [0.4, 0.5) is 0 Å². The molecule has 0 saturated carbocycles. The van der Waals surface area contributed by atoms with E-state index < -0.39 is 17.2 Å². The van der Waals surface area contributed by atoms with Crippen LogP contribution in [-0.2, 0) is 18.4 Å². The van der Waals surface area contributed by atoms with Gasteiger partial charge >= 0.3 is 5.69 Å². The summed E-state index contributed by atoms with van der Waals surface area (Å²) in [6, 6.07) is 0. The summed E-state index contributed by atoms with van der Waals surface area (Å²) in [5.74, 6) is -0.667. The van der Waals surface area contributed by atoms with Crippen molar-refractivity contribution in [3.8, 4) is 0 Å². The van der Waals surface area contributed by atoms with Crippen molar-refractivity contribution in [2.45, 2.75) is 6.54 Å². The molecule has 0 saturated heterocycles. The smallest absolute Gasteiger partial charge is 0.329 e. The highest BCUT2D eigenvalue weighted by molar-refractivity contribution is 6.29. The topological polar surface area (TPSA) is 116 Å². The van der Waals surface area contributed by atoms with Crippen molar-refractivity contribution < 1.29 is 4.79 Å². The summed E-state index contributed by atoms with van der Waals surface area (Å²) in [6.07, 6.45) is 0. The van der Waals surface area contributed by atoms with Crippen LogP contribution < -0.4 is 17.0 Å². The molecule has 8 nitrogen and oxygen atoms in total. The first kappa shape index (κ1) is 11.4. The Morgan fingerprint density at radius 1 is 1.53 bits per heavy atom. The highest BCUT2D eigenvalue weighted by Gasteiger charge is 2.16. The number of carbonyl (C=O) groups excluding carboxylic acids is 1. The number of carbonyl (C=O) groups is 1. The highest BCUT2D eigenvalue weighted by Crippen LogP contribution is 2.14. The second-order valence-electron chi connectivity index (χ2n) is 3.42. The van der Waals surface area contributed by atoms with Gasteiger partial charge in [-0.1, -0.05) is 0 Å². The van der Waals surface area contributed by atoms with Crippen LogP contribution in [0.3, 0.4) is 0 Å². The molecule has 0 fully saturated rings. The van der Waals surface area contributed by atoms with E-state index >= 15 is 0 Å². The largest absolute Gasteiger partial charge is 0.368 e. The maximum absolute atomic E-state index is 11.6. The Hall–Kier alpha value is -2.09. The zero-order chi connectivity index (χ0) is 12.7. The standard InChI is InChI=1S/C8H8ClN5O3/c1-13-5-4(6(16)12-8(13)17)14(2-3(10)15)7(9)11-5/h2H2,1H3,(H2,10,15)(H,12,16,17). The third-order valence-corrected chi connectivity index (χ3v) is 2.56. The molecule has 3 N–H and O–H groups in total. The van der Waals surface area contributed by atoms with E-state index in [1.165, 1.54) is 7.05 Å². The van der Waals surface area contributed by atoms with Gasteiger partial charge in [-0.25, -0.2) is 4.79 Å². The molecule has 2 aromatic heterocycles. The Balaban J connectivity index is 2.92. The van der Waals surface area contributed by atoms with E-state index in [4.69, 9.17) is 17.3 Å². The van der Waals surface area contributed by atoms with Crippen molar-refractivity contribution in [2.75, 3.05) is 0 Å². The number of nitrogens with two attached hydrogens (primary N) is 1. The molecule has 0 unspecified atom stereocenters. The first-order chi connectivity index (χ1) is 7.91. The van der Waals surface area contributed by atoms with Crippen molar-refractivity contribution in [1.82, 2.24) is 19.1 Å². The third kappa shape index (κ3) is 1.72. The number of primary amides is 1. The molecule has 0 aromatic carbocycles. The molecule has 0 spiro atoms. The van der Waals surface area contributed by atoms with E-state index in [0.717, 1.165) is 9.13 Å². The molecule has 0 radical (unpaired) electrons. The molecule has 90 valence electrons. The summed E-state index contributed by atoms with van der Waals surface area (Å²) < 4.78 is 2.28. The van der Waals surface area contributed by atoms with Gasteiger partial charge in [0.2, 0.25) is 11.2 Å². The minimum absolute atomic E-state index is 0.0379. The third-order valence-electron chi connectivity index (χ3n) is 2.27. The van der Waals surface area contributed by atoms with E-state index in [0.29, 0.717) is 0 Å². The van der Waals surface area contributed by atoms with Gasteiger partial charge < -0.3 is 5.73 Å². The number of aromatic amines is 1. The lowest BCUT2D eigenvalue weighted by Gasteiger charge is -2.01. The molecule has 17 heavy (non-hydrogen) atoms. The number of rotatable bonds is 2.